The number of nitrogens with one attached hydrogen (secondary N) is 1. The van der Waals surface area contributed by atoms with E-state index in [9.17, 15) is 9.18 Å². The van der Waals surface area contributed by atoms with Gasteiger partial charge in [-0.25, -0.2) is 9.37 Å². The highest BCUT2D eigenvalue weighted by molar-refractivity contribution is 7.89. The molecule has 3 N–H and O–H groups in total. The molecule has 0 aliphatic carbocycles. The van der Waals surface area contributed by atoms with Crippen LogP contribution < -0.4 is 11.1 Å². The molecule has 1 aromatic carbocycles. The number of amidine groups is 1. The fraction of sp³-hybridized carbons (Fsp3) is 0.350. The van der Waals surface area contributed by atoms with Crippen LogP contribution in [-0.2, 0) is 16.2 Å². The summed E-state index contributed by atoms with van der Waals surface area (Å²) in [5.74, 6) is 0.149. The molecule has 0 bridgehead atoms. The van der Waals surface area contributed by atoms with Gasteiger partial charge in [-0.05, 0) is 51.1 Å². The summed E-state index contributed by atoms with van der Waals surface area (Å²) in [7, 11) is 1.32. The summed E-state index contributed by atoms with van der Waals surface area (Å²) in [6, 6.07) is 7.51. The van der Waals surface area contributed by atoms with Crippen LogP contribution in [0.15, 0.2) is 45.9 Å². The van der Waals surface area contributed by atoms with E-state index in [-0.39, 0.29) is 10.4 Å². The number of hydrogen-bond acceptors (Lipinski definition) is 5. The summed E-state index contributed by atoms with van der Waals surface area (Å²) in [6.45, 7) is 5.83. The average Bonchev–Trinajstić information content (AvgIpc) is 2.67. The zero-order chi connectivity index (χ0) is 21.4. The third kappa shape index (κ3) is 4.18. The third-order valence-corrected chi connectivity index (χ3v) is 7.86. The van der Waals surface area contributed by atoms with E-state index in [4.69, 9.17) is 17.3 Å². The summed E-state index contributed by atoms with van der Waals surface area (Å²) >= 11 is 5.81. The normalized spacial score (nSPS) is 23.5. The minimum absolute atomic E-state index is 0.208. The number of aromatic nitrogens is 1. The molecule has 1 aliphatic heterocycles. The Balaban J connectivity index is 1.96. The van der Waals surface area contributed by atoms with Crippen LogP contribution in [0.5, 0.6) is 0 Å². The maximum Gasteiger partial charge on any atom is 0.274 e. The predicted molar refractivity (Wildman–Crippen MR) is 117 cm³/mol. The molecule has 0 spiro atoms. The third-order valence-electron chi connectivity index (χ3n) is 4.98. The number of carbonyl (C=O) groups excluding carboxylic acids is 1. The van der Waals surface area contributed by atoms with Gasteiger partial charge in [0.05, 0.1) is 15.3 Å². The van der Waals surface area contributed by atoms with Gasteiger partial charge in [0, 0.05) is 30.2 Å². The molecule has 1 aromatic heterocycles. The molecule has 6 nitrogen and oxygen atoms in total. The summed E-state index contributed by atoms with van der Waals surface area (Å²) in [6.07, 6.45) is 1.39. The number of nitrogens with two attached hydrogens (primary N) is 1. The highest BCUT2D eigenvalue weighted by Gasteiger charge is 2.42. The van der Waals surface area contributed by atoms with Gasteiger partial charge < -0.3 is 11.1 Å². The molecule has 2 aromatic rings. The molecule has 0 fully saturated rings. The first-order valence-electron chi connectivity index (χ1n) is 8.96. The van der Waals surface area contributed by atoms with Crippen LogP contribution in [0.1, 0.15) is 36.8 Å². The monoisotopic (exact) mass is 435 g/mol. The van der Waals surface area contributed by atoms with E-state index in [2.05, 4.69) is 19.7 Å². The van der Waals surface area contributed by atoms with Crippen molar-refractivity contribution in [1.82, 2.24) is 4.98 Å². The van der Waals surface area contributed by atoms with E-state index in [1.807, 2.05) is 20.8 Å². The van der Waals surface area contributed by atoms with Gasteiger partial charge in [0.2, 0.25) is 0 Å². The Morgan fingerprint density at radius 2 is 2.03 bits per heavy atom. The number of hydrogen-bond donors (Lipinski definition) is 2. The first-order valence-corrected chi connectivity index (χ1v) is 10.7. The molecule has 3 rings (SSSR count). The van der Waals surface area contributed by atoms with E-state index in [1.165, 1.54) is 24.4 Å². The van der Waals surface area contributed by atoms with Gasteiger partial charge in [-0.1, -0.05) is 22.3 Å². The summed E-state index contributed by atoms with van der Waals surface area (Å²) in [4.78, 5) is 21.1. The fourth-order valence-corrected chi connectivity index (χ4v) is 5.25. The number of halogens is 2. The van der Waals surface area contributed by atoms with Crippen LogP contribution in [0, 0.1) is 5.82 Å². The van der Waals surface area contributed by atoms with Crippen molar-refractivity contribution >= 4 is 39.7 Å². The molecule has 29 heavy (non-hydrogen) atoms. The molecule has 9 heteroatoms. The van der Waals surface area contributed by atoms with Gasteiger partial charge in [0.1, 0.15) is 17.3 Å². The van der Waals surface area contributed by atoms with E-state index in [0.717, 1.165) is 0 Å². The van der Waals surface area contributed by atoms with Crippen molar-refractivity contribution < 1.29 is 9.18 Å². The van der Waals surface area contributed by atoms with E-state index in [1.54, 1.807) is 19.2 Å². The second-order valence-corrected chi connectivity index (χ2v) is 10.3. The number of benzene rings is 1. The fourth-order valence-electron chi connectivity index (χ4n) is 3.15. The molecule has 2 heterocycles. The Kier molecular flexibility index (Phi) is 5.78. The van der Waals surface area contributed by atoms with Gasteiger partial charge in [-0.3, -0.25) is 14.1 Å². The standard InChI is InChI=1S/C20H23ClFN5OS/c1-19(2)18(23)27-20(3,11-29(19)24-4)14-9-13(6-7-15(14)22)26-17(28)16-8-5-12(21)10-25-16/h5-10H,11H2,1-4H3,(H2,23,27)(H,26,28)/t20-,29-/m0/s1. The van der Waals surface area contributed by atoms with Crippen molar-refractivity contribution in [2.24, 2.45) is 15.1 Å². The lowest BCUT2D eigenvalue weighted by molar-refractivity contribution is 0.102. The molecular weight excluding hydrogens is 413 g/mol. The quantitative estimate of drug-likeness (QED) is 0.765. The average molecular weight is 436 g/mol. The maximum absolute atomic E-state index is 14.8. The van der Waals surface area contributed by atoms with Gasteiger partial charge in [-0.2, -0.15) is 0 Å². The molecule has 0 radical (unpaired) electrons. The summed E-state index contributed by atoms with van der Waals surface area (Å²) in [5, 5.41) is 3.18. The summed E-state index contributed by atoms with van der Waals surface area (Å²) < 4.78 is 18.9. The lowest BCUT2D eigenvalue weighted by atomic mass is 9.92. The maximum atomic E-state index is 14.8. The van der Waals surface area contributed by atoms with Crippen molar-refractivity contribution in [3.05, 3.63) is 58.6 Å². The largest absolute Gasteiger partial charge is 0.386 e. The van der Waals surface area contributed by atoms with Gasteiger partial charge >= 0.3 is 0 Å². The minimum Gasteiger partial charge on any atom is -0.386 e. The second-order valence-electron chi connectivity index (χ2n) is 7.48. The Labute approximate surface area is 176 Å². The molecule has 1 aliphatic rings. The van der Waals surface area contributed by atoms with Crippen molar-refractivity contribution in [1.29, 1.82) is 0 Å². The van der Waals surface area contributed by atoms with Crippen LogP contribution in [0.25, 0.3) is 0 Å². The van der Waals surface area contributed by atoms with Gasteiger partial charge in [-0.15, -0.1) is 0 Å². The lowest BCUT2D eigenvalue weighted by Gasteiger charge is -2.40. The second kappa shape index (κ2) is 7.84. The van der Waals surface area contributed by atoms with Crippen LogP contribution >= 0.6 is 11.6 Å². The molecule has 0 saturated heterocycles. The number of amides is 1. The van der Waals surface area contributed by atoms with Crippen molar-refractivity contribution in [2.75, 3.05) is 18.1 Å². The van der Waals surface area contributed by atoms with E-state index in [0.29, 0.717) is 27.9 Å². The zero-order valence-corrected chi connectivity index (χ0v) is 18.2. The molecular formula is C20H23ClFN5OS. The number of carbonyl (C=O) groups is 1. The van der Waals surface area contributed by atoms with Gasteiger partial charge in [0.15, 0.2) is 0 Å². The number of nitrogens with zero attached hydrogens (tertiary/aromatic N) is 3. The Bertz CT molecular complexity index is 1020. The highest BCUT2D eigenvalue weighted by atomic mass is 35.5. The molecule has 0 unspecified atom stereocenters. The molecule has 2 atom stereocenters. The van der Waals surface area contributed by atoms with Gasteiger partial charge in [0.25, 0.3) is 5.91 Å². The predicted octanol–water partition coefficient (Wildman–Crippen LogP) is 3.92. The Hall–Kier alpha value is -2.32. The Morgan fingerprint density at radius 1 is 1.31 bits per heavy atom. The number of rotatable bonds is 3. The Morgan fingerprint density at radius 3 is 2.66 bits per heavy atom. The molecule has 154 valence electrons. The SMILES string of the molecule is CN=[S@]1C[C@@](C)(c2cc(NC(=O)c3ccc(Cl)cn3)ccc2F)N=C(N)C1(C)C. The van der Waals surface area contributed by atoms with Crippen LogP contribution in [0.3, 0.4) is 0 Å². The number of pyridine rings is 1. The topological polar surface area (TPSA) is 92.7 Å². The van der Waals surface area contributed by atoms with Crippen LogP contribution in [-0.4, -0.2) is 34.3 Å². The van der Waals surface area contributed by atoms with Crippen molar-refractivity contribution in [3.8, 4) is 0 Å². The summed E-state index contributed by atoms with van der Waals surface area (Å²) in [5.41, 5.74) is 6.36. The lowest BCUT2D eigenvalue weighted by Crippen LogP contribution is -2.51. The first kappa shape index (κ1) is 21.4. The van der Waals surface area contributed by atoms with Crippen molar-refractivity contribution in [2.45, 2.75) is 31.1 Å². The molecule has 0 saturated carbocycles. The van der Waals surface area contributed by atoms with Crippen molar-refractivity contribution in [3.63, 3.8) is 0 Å². The number of anilines is 1. The van der Waals surface area contributed by atoms with E-state index >= 15 is 0 Å². The molecule has 1 amide bonds. The zero-order valence-electron chi connectivity index (χ0n) is 16.7. The van der Waals surface area contributed by atoms with E-state index < -0.39 is 28.0 Å². The highest BCUT2D eigenvalue weighted by Crippen LogP contribution is 2.37. The smallest absolute Gasteiger partial charge is 0.274 e. The number of aliphatic imine (C=N–C) groups is 1. The minimum atomic E-state index is -0.883. The van der Waals surface area contributed by atoms with Crippen LogP contribution in [0.4, 0.5) is 10.1 Å². The first-order chi connectivity index (χ1) is 13.6. The van der Waals surface area contributed by atoms with Crippen LogP contribution in [0.2, 0.25) is 5.02 Å².